The van der Waals surface area contributed by atoms with Crippen LogP contribution in [0, 0.1) is 11.8 Å². The van der Waals surface area contributed by atoms with E-state index in [4.69, 9.17) is 26.8 Å². The summed E-state index contributed by atoms with van der Waals surface area (Å²) < 4.78 is 11.5. The minimum absolute atomic E-state index is 0.0472. The molecule has 3 aromatic rings. The second-order valence-electron chi connectivity index (χ2n) is 7.02. The molecule has 2 aromatic heterocycles. The number of benzene rings is 1. The molecule has 1 fully saturated rings. The summed E-state index contributed by atoms with van der Waals surface area (Å²) in [5.41, 5.74) is 5.60. The number of hydrogen-bond donors (Lipinski definition) is 3. The van der Waals surface area contributed by atoms with E-state index in [2.05, 4.69) is 32.1 Å². The molecular weight excluding hydrogens is 438 g/mol. The number of anilines is 3. The summed E-state index contributed by atoms with van der Waals surface area (Å²) in [7, 11) is 0. The number of hydrogen-bond acceptors (Lipinski definition) is 9. The fourth-order valence-corrected chi connectivity index (χ4v) is 3.69. The summed E-state index contributed by atoms with van der Waals surface area (Å²) in [5, 5.41) is 16.4. The third kappa shape index (κ3) is 5.24. The van der Waals surface area contributed by atoms with Crippen molar-refractivity contribution in [3.05, 3.63) is 51.6 Å². The first-order valence-corrected chi connectivity index (χ1v) is 10.8. The van der Waals surface area contributed by atoms with Gasteiger partial charge in [-0.15, -0.1) is 11.3 Å². The number of halogens is 1. The fraction of sp³-hybridized carbons (Fsp3) is 0.286. The molecule has 0 bridgehead atoms. The maximum Gasteiger partial charge on any atom is 0.222 e. The minimum atomic E-state index is -1.36. The number of aromatic nitrogens is 3. The lowest BCUT2D eigenvalue weighted by molar-refractivity contribution is 0.122. The highest BCUT2D eigenvalue weighted by atomic mass is 35.5. The molecule has 31 heavy (non-hydrogen) atoms. The number of nitrogens with one attached hydrogen (secondary N) is 1. The Morgan fingerprint density at radius 3 is 3.03 bits per heavy atom. The van der Waals surface area contributed by atoms with Crippen molar-refractivity contribution >= 4 is 40.4 Å². The summed E-state index contributed by atoms with van der Waals surface area (Å²) in [6.45, 7) is 2.80. The third-order valence-corrected chi connectivity index (χ3v) is 5.74. The van der Waals surface area contributed by atoms with Crippen molar-refractivity contribution in [2.45, 2.75) is 25.0 Å². The van der Waals surface area contributed by atoms with Gasteiger partial charge in [-0.05, 0) is 25.1 Å². The van der Waals surface area contributed by atoms with Gasteiger partial charge >= 0.3 is 0 Å². The van der Waals surface area contributed by atoms with Crippen LogP contribution in [0.15, 0.2) is 36.0 Å². The highest BCUT2D eigenvalue weighted by molar-refractivity contribution is 7.09. The van der Waals surface area contributed by atoms with Crippen molar-refractivity contribution in [1.82, 2.24) is 15.0 Å². The molecular formula is C21H20ClN5O3S. The van der Waals surface area contributed by atoms with E-state index in [1.807, 2.05) is 6.07 Å². The molecule has 0 aliphatic carbocycles. The smallest absolute Gasteiger partial charge is 0.222 e. The Morgan fingerprint density at radius 1 is 1.42 bits per heavy atom. The van der Waals surface area contributed by atoms with Crippen molar-refractivity contribution in [1.29, 1.82) is 0 Å². The summed E-state index contributed by atoms with van der Waals surface area (Å²) in [6.07, 6.45) is 3.81. The van der Waals surface area contributed by atoms with Crippen LogP contribution in [0.25, 0.3) is 0 Å². The Balaban J connectivity index is 1.66. The zero-order valence-electron chi connectivity index (χ0n) is 16.6. The predicted molar refractivity (Wildman–Crippen MR) is 120 cm³/mol. The minimum Gasteiger partial charge on any atom is -0.486 e. The first-order chi connectivity index (χ1) is 14.9. The maximum atomic E-state index is 10.6. The van der Waals surface area contributed by atoms with E-state index in [0.29, 0.717) is 46.1 Å². The van der Waals surface area contributed by atoms with Crippen molar-refractivity contribution in [2.75, 3.05) is 24.3 Å². The van der Waals surface area contributed by atoms with Crippen LogP contribution in [-0.4, -0.2) is 39.4 Å². The van der Waals surface area contributed by atoms with Gasteiger partial charge in [0, 0.05) is 23.6 Å². The number of nitrogens with zero attached hydrogens (tertiary/aromatic N) is 3. The second kappa shape index (κ2) is 9.08. The van der Waals surface area contributed by atoms with Crippen LogP contribution in [0.3, 0.4) is 0 Å². The number of ether oxygens (including phenoxy) is 2. The van der Waals surface area contributed by atoms with E-state index in [-0.39, 0.29) is 12.1 Å². The number of nitrogen functional groups attached to an aromatic ring is 1. The van der Waals surface area contributed by atoms with Crippen molar-refractivity contribution in [3.63, 3.8) is 0 Å². The summed E-state index contributed by atoms with van der Waals surface area (Å²) in [5.74, 6) is 6.92. The van der Waals surface area contributed by atoms with E-state index in [1.54, 1.807) is 30.6 Å². The van der Waals surface area contributed by atoms with Crippen LogP contribution >= 0.6 is 22.9 Å². The van der Waals surface area contributed by atoms with Crippen LogP contribution in [0.2, 0.25) is 5.02 Å². The zero-order valence-corrected chi connectivity index (χ0v) is 18.2. The molecule has 0 saturated carbocycles. The maximum absolute atomic E-state index is 10.6. The van der Waals surface area contributed by atoms with Gasteiger partial charge in [0.25, 0.3) is 0 Å². The first-order valence-electron chi connectivity index (χ1n) is 9.50. The molecule has 0 radical (unpaired) electrons. The van der Waals surface area contributed by atoms with Gasteiger partial charge in [-0.3, -0.25) is 0 Å². The van der Waals surface area contributed by atoms with E-state index in [9.17, 15) is 5.11 Å². The fourth-order valence-electron chi connectivity index (χ4n) is 2.90. The molecule has 0 spiro atoms. The standard InChI is InChI=1S/C21H20ClN5O3S/c1-21(28,19-24-7-9-31-19)6-4-13-2-3-17(30-14-5-8-29-12-14)16(10-13)26-18-15(22)11-25-20(23)27-18/h2-3,7,9-11,14,28H,5,8,12H2,1H3,(H3,23,25,26,27)/t14-,21?/m0/s1. The van der Waals surface area contributed by atoms with Gasteiger partial charge in [-0.25, -0.2) is 9.97 Å². The highest BCUT2D eigenvalue weighted by Gasteiger charge is 2.23. The van der Waals surface area contributed by atoms with Gasteiger partial charge in [0.2, 0.25) is 5.95 Å². The van der Waals surface area contributed by atoms with Crippen LogP contribution in [0.5, 0.6) is 5.75 Å². The molecule has 1 aliphatic heterocycles. The van der Waals surface area contributed by atoms with Gasteiger partial charge < -0.3 is 25.6 Å². The van der Waals surface area contributed by atoms with Crippen molar-refractivity contribution in [2.24, 2.45) is 0 Å². The number of nitrogens with two attached hydrogens (primary N) is 1. The van der Waals surface area contributed by atoms with Crippen molar-refractivity contribution < 1.29 is 14.6 Å². The van der Waals surface area contributed by atoms with Gasteiger partial charge in [0.1, 0.15) is 21.9 Å². The average molecular weight is 458 g/mol. The van der Waals surface area contributed by atoms with E-state index in [1.165, 1.54) is 17.5 Å². The molecule has 1 aromatic carbocycles. The van der Waals surface area contributed by atoms with E-state index >= 15 is 0 Å². The van der Waals surface area contributed by atoms with Crippen LogP contribution in [0.4, 0.5) is 17.5 Å². The van der Waals surface area contributed by atoms with Crippen molar-refractivity contribution in [3.8, 4) is 17.6 Å². The summed E-state index contributed by atoms with van der Waals surface area (Å²) >= 11 is 7.56. The quantitative estimate of drug-likeness (QED) is 0.499. The molecule has 1 saturated heterocycles. The van der Waals surface area contributed by atoms with E-state index in [0.717, 1.165) is 6.42 Å². The molecule has 3 heterocycles. The Hall–Kier alpha value is -2.90. The molecule has 1 aliphatic rings. The molecule has 8 nitrogen and oxygen atoms in total. The molecule has 160 valence electrons. The predicted octanol–water partition coefficient (Wildman–Crippen LogP) is 3.34. The summed E-state index contributed by atoms with van der Waals surface area (Å²) in [6, 6.07) is 5.42. The number of aliphatic hydroxyl groups is 1. The Morgan fingerprint density at radius 2 is 2.29 bits per heavy atom. The van der Waals surface area contributed by atoms with Gasteiger partial charge in [0.05, 0.1) is 25.1 Å². The lowest BCUT2D eigenvalue weighted by Crippen LogP contribution is -2.18. The molecule has 4 N–H and O–H groups in total. The lowest BCUT2D eigenvalue weighted by atomic mass is 10.1. The van der Waals surface area contributed by atoms with Crippen LogP contribution in [0.1, 0.15) is 23.9 Å². The molecule has 1 unspecified atom stereocenters. The summed E-state index contributed by atoms with van der Waals surface area (Å²) in [4.78, 5) is 12.2. The van der Waals surface area contributed by atoms with Crippen LogP contribution in [-0.2, 0) is 10.3 Å². The van der Waals surface area contributed by atoms with E-state index < -0.39 is 5.60 Å². The normalized spacial score (nSPS) is 17.5. The average Bonchev–Trinajstić information content (AvgIpc) is 3.45. The van der Waals surface area contributed by atoms with Gasteiger partial charge in [-0.2, -0.15) is 4.98 Å². The topological polar surface area (TPSA) is 115 Å². The molecule has 10 heteroatoms. The third-order valence-electron chi connectivity index (χ3n) is 4.48. The highest BCUT2D eigenvalue weighted by Crippen LogP contribution is 2.33. The Kier molecular flexibility index (Phi) is 6.25. The van der Waals surface area contributed by atoms with Crippen LogP contribution < -0.4 is 15.8 Å². The first kappa shape index (κ1) is 21.3. The Bertz CT molecular complexity index is 1120. The Labute approximate surface area is 188 Å². The number of thiazole rings is 1. The van der Waals surface area contributed by atoms with Gasteiger partial charge in [-0.1, -0.05) is 23.4 Å². The second-order valence-corrected chi connectivity index (χ2v) is 8.33. The SMILES string of the molecule is CC(O)(C#Cc1ccc(O[C@H]2CCOC2)c(Nc2nc(N)ncc2Cl)c1)c1nccs1. The van der Waals surface area contributed by atoms with Gasteiger partial charge in [0.15, 0.2) is 11.4 Å². The number of rotatable bonds is 5. The molecule has 4 rings (SSSR count). The largest absolute Gasteiger partial charge is 0.486 e. The molecule has 0 amide bonds. The lowest BCUT2D eigenvalue weighted by Gasteiger charge is -2.17. The zero-order chi connectivity index (χ0) is 21.8. The monoisotopic (exact) mass is 457 g/mol. The molecule has 2 atom stereocenters.